The molecule has 1 atom stereocenters. The van der Waals surface area contributed by atoms with Crippen LogP contribution < -0.4 is 10.6 Å². The van der Waals surface area contributed by atoms with Gasteiger partial charge >= 0.3 is 0 Å². The van der Waals surface area contributed by atoms with Gasteiger partial charge in [0.05, 0.1) is 6.54 Å². The normalized spacial score (nSPS) is 25.0. The zero-order chi connectivity index (χ0) is 11.4. The fraction of sp³-hybridized carbons (Fsp3) is 0.917. The molecule has 2 fully saturated rings. The summed E-state index contributed by atoms with van der Waals surface area (Å²) in [6, 6.07) is 0.600. The van der Waals surface area contributed by atoms with E-state index in [4.69, 9.17) is 0 Å². The van der Waals surface area contributed by atoms with Gasteiger partial charge in [0.25, 0.3) is 0 Å². The van der Waals surface area contributed by atoms with Crippen molar-refractivity contribution in [1.29, 1.82) is 0 Å². The molecule has 0 aromatic heterocycles. The predicted octanol–water partition coefficient (Wildman–Crippen LogP) is 0.196. The quantitative estimate of drug-likeness (QED) is 0.678. The summed E-state index contributed by atoms with van der Waals surface area (Å²) in [7, 11) is 1.71. The van der Waals surface area contributed by atoms with Crippen LogP contribution in [-0.4, -0.2) is 50.1 Å². The summed E-state index contributed by atoms with van der Waals surface area (Å²) in [5, 5.41) is 6.21. The van der Waals surface area contributed by atoms with Gasteiger partial charge in [0, 0.05) is 26.2 Å². The summed E-state index contributed by atoms with van der Waals surface area (Å²) < 4.78 is 0. The van der Waals surface area contributed by atoms with Crippen LogP contribution in [0.3, 0.4) is 0 Å². The topological polar surface area (TPSA) is 44.4 Å². The minimum atomic E-state index is 0.138. The van der Waals surface area contributed by atoms with Crippen LogP contribution in [0, 0.1) is 5.92 Å². The van der Waals surface area contributed by atoms with Gasteiger partial charge in [0.2, 0.25) is 5.91 Å². The Labute approximate surface area is 97.8 Å². The van der Waals surface area contributed by atoms with E-state index in [2.05, 4.69) is 15.5 Å². The second-order valence-electron chi connectivity index (χ2n) is 5.10. The number of nitrogens with one attached hydrogen (secondary N) is 2. The van der Waals surface area contributed by atoms with Gasteiger partial charge in [-0.15, -0.1) is 0 Å². The Morgan fingerprint density at radius 1 is 1.38 bits per heavy atom. The average Bonchev–Trinajstić information content (AvgIpc) is 2.93. The Balaban J connectivity index is 1.77. The lowest BCUT2D eigenvalue weighted by Gasteiger charge is -2.24. The first-order valence-electron chi connectivity index (χ1n) is 6.44. The molecule has 2 N–H and O–H groups in total. The highest BCUT2D eigenvalue weighted by atomic mass is 16.1. The average molecular weight is 225 g/mol. The van der Waals surface area contributed by atoms with Crippen molar-refractivity contribution >= 4 is 5.91 Å². The first-order valence-corrected chi connectivity index (χ1v) is 6.44. The lowest BCUT2D eigenvalue weighted by atomic mass is 10.2. The Hall–Kier alpha value is -0.610. The predicted molar refractivity (Wildman–Crippen MR) is 64.3 cm³/mol. The number of hydrogen-bond acceptors (Lipinski definition) is 3. The third kappa shape index (κ3) is 3.76. The number of nitrogens with zero attached hydrogens (tertiary/aromatic N) is 1. The minimum Gasteiger partial charge on any atom is -0.358 e. The molecule has 1 amide bonds. The summed E-state index contributed by atoms with van der Waals surface area (Å²) in [5.41, 5.74) is 0. The summed E-state index contributed by atoms with van der Waals surface area (Å²) in [5.74, 6) is 0.990. The van der Waals surface area contributed by atoms with Crippen LogP contribution in [0.25, 0.3) is 0 Å². The summed E-state index contributed by atoms with van der Waals surface area (Å²) in [6.45, 7) is 3.84. The van der Waals surface area contributed by atoms with Gasteiger partial charge in [0.15, 0.2) is 0 Å². The van der Waals surface area contributed by atoms with E-state index in [1.807, 2.05) is 0 Å². The van der Waals surface area contributed by atoms with Crippen molar-refractivity contribution in [2.75, 3.05) is 33.2 Å². The molecule has 1 heterocycles. The van der Waals surface area contributed by atoms with Crippen LogP contribution in [0.5, 0.6) is 0 Å². The molecule has 1 unspecified atom stereocenters. The van der Waals surface area contributed by atoms with Crippen molar-refractivity contribution in [2.24, 2.45) is 5.92 Å². The molecule has 92 valence electrons. The fourth-order valence-corrected chi connectivity index (χ4v) is 2.38. The van der Waals surface area contributed by atoms with Crippen molar-refractivity contribution < 1.29 is 4.79 Å². The maximum Gasteiger partial charge on any atom is 0.233 e. The van der Waals surface area contributed by atoms with E-state index in [0.717, 1.165) is 25.6 Å². The Morgan fingerprint density at radius 3 is 2.75 bits per heavy atom. The number of amides is 1. The third-order valence-corrected chi connectivity index (χ3v) is 3.50. The third-order valence-electron chi connectivity index (χ3n) is 3.50. The van der Waals surface area contributed by atoms with Crippen LogP contribution in [0.4, 0.5) is 0 Å². The van der Waals surface area contributed by atoms with E-state index < -0.39 is 0 Å². The lowest BCUT2D eigenvalue weighted by Crippen LogP contribution is -2.43. The molecule has 2 aliphatic rings. The Bertz CT molecular complexity index is 234. The van der Waals surface area contributed by atoms with E-state index in [9.17, 15) is 4.79 Å². The largest absolute Gasteiger partial charge is 0.358 e. The van der Waals surface area contributed by atoms with E-state index >= 15 is 0 Å². The van der Waals surface area contributed by atoms with Gasteiger partial charge in [-0.25, -0.2) is 0 Å². The van der Waals surface area contributed by atoms with E-state index in [1.165, 1.54) is 25.7 Å². The molecule has 0 aromatic rings. The molecule has 1 saturated carbocycles. The number of hydrogen-bond donors (Lipinski definition) is 2. The molecule has 1 aliphatic carbocycles. The fourth-order valence-electron chi connectivity index (χ4n) is 2.38. The molecule has 4 heteroatoms. The van der Waals surface area contributed by atoms with Crippen LogP contribution in [-0.2, 0) is 4.79 Å². The summed E-state index contributed by atoms with van der Waals surface area (Å²) in [4.78, 5) is 13.7. The Kier molecular flexibility index (Phi) is 4.18. The number of rotatable bonds is 6. The number of likely N-dealkylation sites (N-methyl/N-ethyl adjacent to an activating group) is 1. The van der Waals surface area contributed by atoms with E-state index in [0.29, 0.717) is 12.6 Å². The smallest absolute Gasteiger partial charge is 0.233 e. The minimum absolute atomic E-state index is 0.138. The summed E-state index contributed by atoms with van der Waals surface area (Å²) >= 11 is 0. The molecular formula is C12H23N3O. The highest BCUT2D eigenvalue weighted by molar-refractivity contribution is 5.77. The highest BCUT2D eigenvalue weighted by Gasteiger charge is 2.27. The van der Waals surface area contributed by atoms with Crippen LogP contribution in [0.15, 0.2) is 0 Å². The van der Waals surface area contributed by atoms with Gasteiger partial charge in [-0.3, -0.25) is 9.69 Å². The first-order chi connectivity index (χ1) is 7.78. The first kappa shape index (κ1) is 11.9. The SMILES string of the molecule is CNC(=O)CN(CC1CC1)CC1CCCN1. The van der Waals surface area contributed by atoms with E-state index in [1.54, 1.807) is 7.05 Å². The van der Waals surface area contributed by atoms with Gasteiger partial charge in [-0.2, -0.15) is 0 Å². The zero-order valence-electron chi connectivity index (χ0n) is 10.2. The number of carbonyl (C=O) groups excluding carboxylic acids is 1. The van der Waals surface area contributed by atoms with Crippen LogP contribution >= 0.6 is 0 Å². The van der Waals surface area contributed by atoms with Crippen molar-refractivity contribution in [3.63, 3.8) is 0 Å². The summed E-state index contributed by atoms with van der Waals surface area (Å²) in [6.07, 6.45) is 5.24. The molecule has 4 nitrogen and oxygen atoms in total. The maximum absolute atomic E-state index is 11.4. The molecule has 2 rings (SSSR count). The van der Waals surface area contributed by atoms with Gasteiger partial charge < -0.3 is 10.6 Å². The van der Waals surface area contributed by atoms with Crippen LogP contribution in [0.2, 0.25) is 0 Å². The van der Waals surface area contributed by atoms with Crippen molar-refractivity contribution in [3.05, 3.63) is 0 Å². The molecule has 0 bridgehead atoms. The lowest BCUT2D eigenvalue weighted by molar-refractivity contribution is -0.121. The van der Waals surface area contributed by atoms with Crippen molar-refractivity contribution in [3.8, 4) is 0 Å². The molecule has 1 saturated heterocycles. The van der Waals surface area contributed by atoms with Crippen molar-refractivity contribution in [1.82, 2.24) is 15.5 Å². The second-order valence-corrected chi connectivity index (χ2v) is 5.10. The number of carbonyl (C=O) groups is 1. The van der Waals surface area contributed by atoms with Gasteiger partial charge in [-0.05, 0) is 38.1 Å². The second kappa shape index (κ2) is 5.64. The zero-order valence-corrected chi connectivity index (χ0v) is 10.2. The van der Waals surface area contributed by atoms with Crippen LogP contribution in [0.1, 0.15) is 25.7 Å². The van der Waals surface area contributed by atoms with Gasteiger partial charge in [0.1, 0.15) is 0 Å². The molecule has 0 spiro atoms. The molecular weight excluding hydrogens is 202 g/mol. The molecule has 16 heavy (non-hydrogen) atoms. The maximum atomic E-state index is 11.4. The monoisotopic (exact) mass is 225 g/mol. The molecule has 1 aliphatic heterocycles. The van der Waals surface area contributed by atoms with E-state index in [-0.39, 0.29) is 5.91 Å². The Morgan fingerprint density at radius 2 is 2.19 bits per heavy atom. The molecule has 0 radical (unpaired) electrons. The standard InChI is InChI=1S/C12H23N3O/c1-13-12(16)9-15(7-10-4-5-10)8-11-3-2-6-14-11/h10-11,14H,2-9H2,1H3,(H,13,16). The van der Waals surface area contributed by atoms with Gasteiger partial charge in [-0.1, -0.05) is 0 Å². The van der Waals surface area contributed by atoms with Crippen molar-refractivity contribution in [2.45, 2.75) is 31.7 Å². The molecule has 0 aromatic carbocycles. The highest BCUT2D eigenvalue weighted by Crippen LogP contribution is 2.29.